The fourth-order valence-corrected chi connectivity index (χ4v) is 3.84. The monoisotopic (exact) mass is 419 g/mol. The van der Waals surface area contributed by atoms with Gasteiger partial charge in [-0.2, -0.15) is 5.10 Å². The van der Waals surface area contributed by atoms with Gasteiger partial charge in [-0.15, -0.1) is 0 Å². The van der Waals surface area contributed by atoms with E-state index in [-0.39, 0.29) is 12.5 Å². The number of hydrogen-bond donors (Lipinski definition) is 0. The van der Waals surface area contributed by atoms with E-state index >= 15 is 0 Å². The van der Waals surface area contributed by atoms with Crippen molar-refractivity contribution in [1.82, 2.24) is 14.7 Å². The Labute approximate surface area is 183 Å². The van der Waals surface area contributed by atoms with Crippen LogP contribution in [0.4, 0.5) is 0 Å². The fraction of sp³-hybridized carbons (Fsp3) is 0.360. The van der Waals surface area contributed by atoms with E-state index < -0.39 is 0 Å². The average molecular weight is 420 g/mol. The lowest BCUT2D eigenvalue weighted by molar-refractivity contribution is -0.133. The molecule has 0 saturated carbocycles. The van der Waals surface area contributed by atoms with Gasteiger partial charge in [0.2, 0.25) is 5.91 Å². The third-order valence-electron chi connectivity index (χ3n) is 5.38. The summed E-state index contributed by atoms with van der Waals surface area (Å²) in [5.41, 5.74) is 5.73. The number of hydrogen-bond acceptors (Lipinski definition) is 4. The lowest BCUT2D eigenvalue weighted by Gasteiger charge is -2.24. The lowest BCUT2D eigenvalue weighted by Crippen LogP contribution is -2.36. The molecule has 0 N–H and O–H groups in total. The van der Waals surface area contributed by atoms with Crippen molar-refractivity contribution < 1.29 is 14.3 Å². The van der Waals surface area contributed by atoms with Crippen LogP contribution in [0.5, 0.6) is 5.75 Å². The first-order valence-corrected chi connectivity index (χ1v) is 10.7. The minimum absolute atomic E-state index is 0.0291. The molecule has 0 aliphatic carbocycles. The first-order chi connectivity index (χ1) is 15.1. The fourth-order valence-electron chi connectivity index (χ4n) is 3.84. The SMILES string of the molecule is Cc1ccc2c(c1)Cc1cccc(c1)CN(C(=O)Cn1cc(C)cn1)CCOCCO2. The average Bonchev–Trinajstić information content (AvgIpc) is 3.15. The van der Waals surface area contributed by atoms with Gasteiger partial charge >= 0.3 is 0 Å². The number of nitrogens with zero attached hydrogens (tertiary/aromatic N) is 3. The predicted octanol–water partition coefficient (Wildman–Crippen LogP) is 3.53. The highest BCUT2D eigenvalue weighted by Gasteiger charge is 2.16. The Morgan fingerprint density at radius 1 is 1.03 bits per heavy atom. The molecule has 6 nitrogen and oxygen atoms in total. The van der Waals surface area contributed by atoms with Crippen LogP contribution in [0.1, 0.15) is 27.8 Å². The summed E-state index contributed by atoms with van der Waals surface area (Å²) >= 11 is 0. The molecule has 0 fully saturated rings. The van der Waals surface area contributed by atoms with Crippen molar-refractivity contribution in [3.63, 3.8) is 0 Å². The smallest absolute Gasteiger partial charge is 0.244 e. The molecule has 162 valence electrons. The molecule has 1 aromatic heterocycles. The Kier molecular flexibility index (Phi) is 6.67. The van der Waals surface area contributed by atoms with Gasteiger partial charge in [-0.25, -0.2) is 0 Å². The Hall–Kier alpha value is -3.12. The molecule has 0 atom stereocenters. The molecule has 4 rings (SSSR count). The molecule has 3 aromatic rings. The van der Waals surface area contributed by atoms with Crippen LogP contribution >= 0.6 is 0 Å². The first-order valence-electron chi connectivity index (χ1n) is 10.7. The largest absolute Gasteiger partial charge is 0.491 e. The van der Waals surface area contributed by atoms with Crippen LogP contribution < -0.4 is 4.74 Å². The second-order valence-electron chi connectivity index (χ2n) is 8.10. The van der Waals surface area contributed by atoms with E-state index in [1.165, 1.54) is 11.1 Å². The summed E-state index contributed by atoms with van der Waals surface area (Å²) in [4.78, 5) is 14.8. The summed E-state index contributed by atoms with van der Waals surface area (Å²) in [6, 6.07) is 14.7. The molecule has 1 aliphatic heterocycles. The maximum atomic E-state index is 13.0. The highest BCUT2D eigenvalue weighted by atomic mass is 16.5. The van der Waals surface area contributed by atoms with E-state index in [9.17, 15) is 4.79 Å². The zero-order valence-electron chi connectivity index (χ0n) is 18.2. The van der Waals surface area contributed by atoms with Gasteiger partial charge in [0.25, 0.3) is 0 Å². The van der Waals surface area contributed by atoms with E-state index in [1.54, 1.807) is 10.9 Å². The summed E-state index contributed by atoms with van der Waals surface area (Å²) < 4.78 is 13.5. The highest BCUT2D eigenvalue weighted by molar-refractivity contribution is 5.76. The minimum atomic E-state index is 0.0291. The van der Waals surface area contributed by atoms with Gasteiger partial charge in [0.1, 0.15) is 18.9 Å². The lowest BCUT2D eigenvalue weighted by atomic mass is 10.0. The zero-order chi connectivity index (χ0) is 21.6. The number of fused-ring (bicyclic) bond motifs is 3. The van der Waals surface area contributed by atoms with Crippen LogP contribution in [0.3, 0.4) is 0 Å². The summed E-state index contributed by atoms with van der Waals surface area (Å²) in [5.74, 6) is 0.935. The maximum Gasteiger partial charge on any atom is 0.244 e. The van der Waals surface area contributed by atoms with Crippen molar-refractivity contribution in [2.75, 3.05) is 26.4 Å². The van der Waals surface area contributed by atoms with Crippen molar-refractivity contribution in [2.24, 2.45) is 0 Å². The molecule has 0 unspecified atom stereocenters. The zero-order valence-corrected chi connectivity index (χ0v) is 18.2. The van der Waals surface area contributed by atoms with Gasteiger partial charge in [-0.1, -0.05) is 42.0 Å². The standard InChI is InChI=1S/C25H29N3O3/c1-19-6-7-24-23(12-19)14-21-4-3-5-22(13-21)17-27(8-9-30-10-11-31-24)25(29)18-28-16-20(2)15-26-28/h3-7,12-13,15-16H,8-11,14,17-18H2,1-2H3. The molecule has 6 heteroatoms. The Morgan fingerprint density at radius 3 is 2.74 bits per heavy atom. The number of ether oxygens (including phenoxy) is 2. The van der Waals surface area contributed by atoms with Crippen LogP contribution in [0.2, 0.25) is 0 Å². The number of benzene rings is 2. The van der Waals surface area contributed by atoms with Crippen molar-refractivity contribution >= 4 is 5.91 Å². The number of aryl methyl sites for hydroxylation is 2. The summed E-state index contributed by atoms with van der Waals surface area (Å²) in [6.07, 6.45) is 4.43. The first kappa shape index (κ1) is 21.1. The van der Waals surface area contributed by atoms with Crippen LogP contribution in [-0.4, -0.2) is 47.0 Å². The van der Waals surface area contributed by atoms with Crippen molar-refractivity contribution in [1.29, 1.82) is 0 Å². The minimum Gasteiger partial charge on any atom is -0.491 e. The van der Waals surface area contributed by atoms with E-state index in [1.807, 2.05) is 24.1 Å². The van der Waals surface area contributed by atoms with Crippen molar-refractivity contribution in [3.8, 4) is 5.75 Å². The number of aromatic nitrogens is 2. The molecule has 0 saturated heterocycles. The maximum absolute atomic E-state index is 13.0. The summed E-state index contributed by atoms with van der Waals surface area (Å²) in [5, 5.41) is 4.25. The van der Waals surface area contributed by atoms with Gasteiger partial charge in [0.05, 0.1) is 19.4 Å². The Bertz CT molecular complexity index is 1040. The van der Waals surface area contributed by atoms with Crippen LogP contribution in [0, 0.1) is 13.8 Å². The Morgan fingerprint density at radius 2 is 1.90 bits per heavy atom. The van der Waals surface area contributed by atoms with E-state index in [4.69, 9.17) is 9.47 Å². The van der Waals surface area contributed by atoms with Gasteiger partial charge in [-0.3, -0.25) is 9.48 Å². The van der Waals surface area contributed by atoms with Crippen molar-refractivity contribution in [2.45, 2.75) is 33.4 Å². The number of carbonyl (C=O) groups is 1. The molecule has 1 aliphatic rings. The van der Waals surface area contributed by atoms with Gasteiger partial charge < -0.3 is 14.4 Å². The number of rotatable bonds is 2. The normalized spacial score (nSPS) is 15.0. The van der Waals surface area contributed by atoms with Crippen LogP contribution in [-0.2, 0) is 29.0 Å². The molecule has 2 aromatic carbocycles. The topological polar surface area (TPSA) is 56.6 Å². The van der Waals surface area contributed by atoms with Gasteiger partial charge in [-0.05, 0) is 42.2 Å². The quantitative estimate of drug-likeness (QED) is 0.638. The van der Waals surface area contributed by atoms with E-state index in [0.29, 0.717) is 32.9 Å². The van der Waals surface area contributed by atoms with Gasteiger partial charge in [0, 0.05) is 25.7 Å². The molecule has 0 spiro atoms. The number of amides is 1. The van der Waals surface area contributed by atoms with Crippen LogP contribution in [0.15, 0.2) is 54.9 Å². The molecular formula is C25H29N3O3. The van der Waals surface area contributed by atoms with E-state index in [0.717, 1.165) is 28.9 Å². The summed E-state index contributed by atoms with van der Waals surface area (Å²) in [7, 11) is 0. The molecule has 2 heterocycles. The summed E-state index contributed by atoms with van der Waals surface area (Å²) in [6.45, 7) is 6.80. The van der Waals surface area contributed by atoms with Crippen molar-refractivity contribution in [3.05, 3.63) is 82.7 Å². The molecule has 0 radical (unpaired) electrons. The second kappa shape index (κ2) is 9.79. The van der Waals surface area contributed by atoms with Gasteiger partial charge in [0.15, 0.2) is 0 Å². The third-order valence-corrected chi connectivity index (χ3v) is 5.38. The molecule has 1 amide bonds. The molecule has 31 heavy (non-hydrogen) atoms. The highest BCUT2D eigenvalue weighted by Crippen LogP contribution is 2.24. The number of carbonyl (C=O) groups excluding carboxylic acids is 1. The van der Waals surface area contributed by atoms with Crippen LogP contribution in [0.25, 0.3) is 0 Å². The Balaban J connectivity index is 1.56. The molecular weight excluding hydrogens is 390 g/mol. The van der Waals surface area contributed by atoms with E-state index in [2.05, 4.69) is 48.4 Å². The second-order valence-corrected chi connectivity index (χ2v) is 8.10. The third kappa shape index (κ3) is 5.73. The molecule has 2 bridgehead atoms. The predicted molar refractivity (Wildman–Crippen MR) is 119 cm³/mol.